The molecule has 0 aromatic heterocycles. The van der Waals surface area contributed by atoms with E-state index in [9.17, 15) is 8.78 Å². The molecule has 0 aliphatic rings. The van der Waals surface area contributed by atoms with Crippen molar-refractivity contribution in [1.82, 2.24) is 0 Å². The molecule has 19 heavy (non-hydrogen) atoms. The van der Waals surface area contributed by atoms with Crippen LogP contribution in [0.4, 0.5) is 8.78 Å². The Morgan fingerprint density at radius 1 is 1.00 bits per heavy atom. The minimum absolute atomic E-state index is 0.0642. The summed E-state index contributed by atoms with van der Waals surface area (Å²) in [6.45, 7) is 0. The Bertz CT molecular complexity index is 600. The zero-order chi connectivity index (χ0) is 14.0. The van der Waals surface area contributed by atoms with Crippen molar-refractivity contribution in [2.75, 3.05) is 0 Å². The van der Waals surface area contributed by atoms with Crippen molar-refractivity contribution >= 4 is 43.5 Å². The minimum atomic E-state index is -3.00. The van der Waals surface area contributed by atoms with Crippen molar-refractivity contribution < 1.29 is 8.78 Å². The molecule has 100 valence electrons. The van der Waals surface area contributed by atoms with Gasteiger partial charge in [-0.2, -0.15) is 0 Å². The third-order valence-corrected chi connectivity index (χ3v) is 3.94. The number of halogens is 5. The number of benzene rings is 2. The molecule has 0 fully saturated rings. The molecule has 0 spiro atoms. The maximum atomic E-state index is 14.3. The fraction of sp³-hybridized carbons (Fsp3) is 0.143. The Morgan fingerprint density at radius 2 is 1.68 bits per heavy atom. The Kier molecular flexibility index (Phi) is 4.64. The van der Waals surface area contributed by atoms with Gasteiger partial charge in [-0.3, -0.25) is 0 Å². The van der Waals surface area contributed by atoms with Crippen LogP contribution >= 0.6 is 43.5 Å². The molecule has 0 bridgehead atoms. The molecule has 2 rings (SSSR count). The Balaban J connectivity index is 2.31. The second kappa shape index (κ2) is 5.90. The molecule has 0 saturated carbocycles. The lowest BCUT2D eigenvalue weighted by Crippen LogP contribution is -2.17. The van der Waals surface area contributed by atoms with Crippen LogP contribution in [0.3, 0.4) is 0 Å². The van der Waals surface area contributed by atoms with Gasteiger partial charge < -0.3 is 0 Å². The van der Waals surface area contributed by atoms with Gasteiger partial charge in [0.15, 0.2) is 0 Å². The molecule has 0 nitrogen and oxygen atoms in total. The number of alkyl halides is 2. The number of hydrogen-bond acceptors (Lipinski definition) is 0. The lowest BCUT2D eigenvalue weighted by atomic mass is 10.0. The van der Waals surface area contributed by atoms with E-state index in [1.54, 1.807) is 30.3 Å². The molecule has 0 amide bonds. The first-order valence-electron chi connectivity index (χ1n) is 5.46. The van der Waals surface area contributed by atoms with E-state index in [1.165, 1.54) is 12.1 Å². The Morgan fingerprint density at radius 3 is 2.32 bits per heavy atom. The summed E-state index contributed by atoms with van der Waals surface area (Å²) in [6, 6.07) is 11.3. The van der Waals surface area contributed by atoms with E-state index in [4.69, 9.17) is 11.6 Å². The summed E-state index contributed by atoms with van der Waals surface area (Å²) in [5.41, 5.74) is 0.399. The standard InChI is InChI=1S/C14H9Br2ClF2/c15-10-3-1-2-9(6-10)8-14(18,19)12-5-4-11(16)7-13(12)17/h1-7H,8H2. The highest BCUT2D eigenvalue weighted by atomic mass is 79.9. The van der Waals surface area contributed by atoms with E-state index in [0.717, 1.165) is 4.47 Å². The van der Waals surface area contributed by atoms with Gasteiger partial charge in [-0.05, 0) is 29.8 Å². The first kappa shape index (κ1) is 14.9. The summed E-state index contributed by atoms with van der Waals surface area (Å²) in [7, 11) is 0. The summed E-state index contributed by atoms with van der Waals surface area (Å²) in [4.78, 5) is 0. The SMILES string of the molecule is FC(F)(Cc1cccc(Br)c1)c1ccc(Br)cc1Cl. The molecular formula is C14H9Br2ClF2. The highest BCUT2D eigenvalue weighted by Crippen LogP contribution is 2.37. The Hall–Kier alpha value is -0.450. The highest BCUT2D eigenvalue weighted by molar-refractivity contribution is 9.10. The van der Waals surface area contributed by atoms with Crippen LogP contribution in [0.1, 0.15) is 11.1 Å². The molecule has 2 aromatic rings. The van der Waals surface area contributed by atoms with Crippen LogP contribution in [0.25, 0.3) is 0 Å². The lowest BCUT2D eigenvalue weighted by Gasteiger charge is -2.18. The summed E-state index contributed by atoms with van der Waals surface area (Å²) in [5, 5.41) is 0.0642. The van der Waals surface area contributed by atoms with Crippen molar-refractivity contribution in [3.05, 3.63) is 67.6 Å². The topological polar surface area (TPSA) is 0 Å². The van der Waals surface area contributed by atoms with E-state index in [0.29, 0.717) is 10.0 Å². The molecule has 0 radical (unpaired) electrons. The molecular weight excluding hydrogens is 401 g/mol. The first-order valence-corrected chi connectivity index (χ1v) is 7.43. The molecule has 0 aliphatic carbocycles. The van der Waals surface area contributed by atoms with Crippen LogP contribution in [0.15, 0.2) is 51.4 Å². The Labute approximate surface area is 132 Å². The van der Waals surface area contributed by atoms with E-state index in [1.807, 2.05) is 0 Å². The number of rotatable bonds is 3. The molecule has 0 unspecified atom stereocenters. The summed E-state index contributed by atoms with van der Waals surface area (Å²) in [5.74, 6) is -3.00. The fourth-order valence-electron chi connectivity index (χ4n) is 1.78. The average molecular weight is 410 g/mol. The predicted molar refractivity (Wildman–Crippen MR) is 80.9 cm³/mol. The quantitative estimate of drug-likeness (QED) is 0.565. The van der Waals surface area contributed by atoms with Crippen molar-refractivity contribution in [3.8, 4) is 0 Å². The van der Waals surface area contributed by atoms with E-state index in [-0.39, 0.29) is 17.0 Å². The second-order valence-electron chi connectivity index (χ2n) is 4.14. The van der Waals surface area contributed by atoms with Gasteiger partial charge in [-0.15, -0.1) is 0 Å². The van der Waals surface area contributed by atoms with Crippen LogP contribution in [0, 0.1) is 0 Å². The van der Waals surface area contributed by atoms with Crippen LogP contribution in [0.2, 0.25) is 5.02 Å². The summed E-state index contributed by atoms with van der Waals surface area (Å²) in [6.07, 6.45) is -0.381. The third kappa shape index (κ3) is 3.77. The monoisotopic (exact) mass is 408 g/mol. The van der Waals surface area contributed by atoms with Crippen LogP contribution in [-0.4, -0.2) is 0 Å². The minimum Gasteiger partial charge on any atom is -0.201 e. The van der Waals surface area contributed by atoms with E-state index < -0.39 is 5.92 Å². The van der Waals surface area contributed by atoms with E-state index >= 15 is 0 Å². The normalized spacial score (nSPS) is 11.6. The maximum Gasteiger partial charge on any atom is 0.278 e. The van der Waals surface area contributed by atoms with Gasteiger partial charge in [-0.25, -0.2) is 8.78 Å². The van der Waals surface area contributed by atoms with Crippen LogP contribution < -0.4 is 0 Å². The second-order valence-corrected chi connectivity index (χ2v) is 6.37. The first-order chi connectivity index (χ1) is 8.88. The molecule has 0 atom stereocenters. The molecule has 0 saturated heterocycles. The lowest BCUT2D eigenvalue weighted by molar-refractivity contribution is -0.00372. The molecule has 5 heteroatoms. The zero-order valence-electron chi connectivity index (χ0n) is 9.64. The highest BCUT2D eigenvalue weighted by Gasteiger charge is 2.34. The number of hydrogen-bond donors (Lipinski definition) is 0. The molecule has 2 aromatic carbocycles. The van der Waals surface area contributed by atoms with Gasteiger partial charge in [0.05, 0.1) is 5.02 Å². The maximum absolute atomic E-state index is 14.3. The fourth-order valence-corrected chi connectivity index (χ4v) is 3.04. The van der Waals surface area contributed by atoms with Gasteiger partial charge in [-0.1, -0.05) is 61.7 Å². The van der Waals surface area contributed by atoms with Crippen molar-refractivity contribution in [2.45, 2.75) is 12.3 Å². The van der Waals surface area contributed by atoms with Crippen LogP contribution in [-0.2, 0) is 12.3 Å². The largest absolute Gasteiger partial charge is 0.278 e. The van der Waals surface area contributed by atoms with Gasteiger partial charge in [0, 0.05) is 20.9 Å². The van der Waals surface area contributed by atoms with E-state index in [2.05, 4.69) is 31.9 Å². The average Bonchev–Trinajstić information content (AvgIpc) is 2.27. The smallest absolute Gasteiger partial charge is 0.201 e. The third-order valence-electron chi connectivity index (χ3n) is 2.64. The molecule has 0 N–H and O–H groups in total. The predicted octanol–water partition coefficient (Wildman–Crippen LogP) is 6.20. The van der Waals surface area contributed by atoms with Gasteiger partial charge in [0.1, 0.15) is 0 Å². The van der Waals surface area contributed by atoms with Crippen LogP contribution in [0.5, 0.6) is 0 Å². The van der Waals surface area contributed by atoms with Gasteiger partial charge in [0.25, 0.3) is 5.92 Å². The molecule has 0 heterocycles. The summed E-state index contributed by atoms with van der Waals surface area (Å²) < 4.78 is 30.0. The van der Waals surface area contributed by atoms with Crippen molar-refractivity contribution in [2.24, 2.45) is 0 Å². The van der Waals surface area contributed by atoms with Crippen molar-refractivity contribution in [3.63, 3.8) is 0 Å². The zero-order valence-corrected chi connectivity index (χ0v) is 13.6. The molecule has 0 aliphatic heterocycles. The summed E-state index contributed by atoms with van der Waals surface area (Å²) >= 11 is 12.4. The van der Waals surface area contributed by atoms with Crippen molar-refractivity contribution in [1.29, 1.82) is 0 Å². The van der Waals surface area contributed by atoms with Gasteiger partial charge in [0.2, 0.25) is 0 Å². The van der Waals surface area contributed by atoms with Gasteiger partial charge >= 0.3 is 0 Å².